The largest absolute Gasteiger partial charge is 0.457 e. The fourth-order valence-electron chi connectivity index (χ4n) is 7.37. The van der Waals surface area contributed by atoms with Gasteiger partial charge in [0.1, 0.15) is 12.4 Å². The molecule has 0 unspecified atom stereocenters. The van der Waals surface area contributed by atoms with Gasteiger partial charge in [-0.05, 0) is 81.9 Å². The van der Waals surface area contributed by atoms with Gasteiger partial charge in [-0.2, -0.15) is 0 Å². The van der Waals surface area contributed by atoms with Crippen LogP contribution in [0.2, 0.25) is 0 Å². The second kappa shape index (κ2) is 11.1. The van der Waals surface area contributed by atoms with Crippen molar-refractivity contribution in [3.05, 3.63) is 56.9 Å². The molecule has 2 aromatic heterocycles. The highest BCUT2D eigenvalue weighted by Gasteiger charge is 2.46. The monoisotopic (exact) mass is 596 g/mol. The predicted molar refractivity (Wildman–Crippen MR) is 163 cm³/mol. The molecular weight excluding hydrogens is 560 g/mol. The first-order chi connectivity index (χ1) is 21.3. The number of carbonyl (C=O) groups excluding carboxylic acids is 2. The molecule has 0 radical (unpaired) electrons. The molecule has 44 heavy (non-hydrogen) atoms. The number of pyridine rings is 2. The van der Waals surface area contributed by atoms with Crippen molar-refractivity contribution in [3.63, 3.8) is 0 Å². The highest BCUT2D eigenvalue weighted by molar-refractivity contribution is 5.91. The van der Waals surface area contributed by atoms with Crippen molar-refractivity contribution in [1.82, 2.24) is 19.4 Å². The van der Waals surface area contributed by atoms with Gasteiger partial charge in [-0.15, -0.1) is 5.92 Å². The quantitative estimate of drug-likeness (QED) is 0.281. The lowest BCUT2D eigenvalue weighted by Crippen LogP contribution is -2.48. The van der Waals surface area contributed by atoms with E-state index in [4.69, 9.17) is 14.5 Å². The number of benzene rings is 1. The van der Waals surface area contributed by atoms with Crippen molar-refractivity contribution in [2.45, 2.75) is 77.2 Å². The Morgan fingerprint density at radius 3 is 2.61 bits per heavy atom. The minimum absolute atomic E-state index is 0.148. The first kappa shape index (κ1) is 28.6. The van der Waals surface area contributed by atoms with Crippen LogP contribution in [-0.4, -0.2) is 68.7 Å². The van der Waals surface area contributed by atoms with E-state index in [1.807, 2.05) is 19.1 Å². The Kier molecular flexibility index (Phi) is 7.18. The zero-order valence-electron chi connectivity index (χ0n) is 25.1. The van der Waals surface area contributed by atoms with E-state index in [9.17, 15) is 19.5 Å². The summed E-state index contributed by atoms with van der Waals surface area (Å²) < 4.78 is 12.6. The van der Waals surface area contributed by atoms with Crippen molar-refractivity contribution >= 4 is 23.0 Å². The molecule has 3 aromatic rings. The van der Waals surface area contributed by atoms with E-state index in [1.165, 1.54) is 26.2 Å². The molecule has 0 spiro atoms. The lowest BCUT2D eigenvalue weighted by Gasteiger charge is -2.39. The van der Waals surface area contributed by atoms with Crippen molar-refractivity contribution < 1.29 is 24.2 Å². The summed E-state index contributed by atoms with van der Waals surface area (Å²) in [5, 5.41) is 12.0. The Morgan fingerprint density at radius 1 is 1.11 bits per heavy atom. The lowest BCUT2D eigenvalue weighted by molar-refractivity contribution is -0.164. The van der Waals surface area contributed by atoms with Gasteiger partial charge in [-0.1, -0.05) is 19.3 Å². The van der Waals surface area contributed by atoms with Crippen LogP contribution in [0.1, 0.15) is 68.2 Å². The van der Waals surface area contributed by atoms with Crippen molar-refractivity contribution in [2.75, 3.05) is 26.2 Å². The lowest BCUT2D eigenvalue weighted by atomic mass is 9.88. The van der Waals surface area contributed by atoms with Crippen LogP contribution >= 0.6 is 0 Å². The maximum Gasteiger partial charge on any atom is 0.415 e. The van der Waals surface area contributed by atoms with E-state index in [2.05, 4.69) is 16.7 Å². The van der Waals surface area contributed by atoms with Crippen LogP contribution in [0.3, 0.4) is 0 Å². The molecule has 0 aliphatic carbocycles. The molecule has 0 saturated carbocycles. The van der Waals surface area contributed by atoms with Crippen molar-refractivity contribution in [1.29, 1.82) is 0 Å². The summed E-state index contributed by atoms with van der Waals surface area (Å²) in [6, 6.07) is 7.63. The van der Waals surface area contributed by atoms with Gasteiger partial charge >= 0.3 is 12.1 Å². The Labute approximate surface area is 255 Å². The number of hydrogen-bond donors (Lipinski definition) is 1. The standard InChI is InChI=1S/C34H36N4O6/c1-3-12-34(42)27-18-29-30-25(19-38(29)31(39)26(27)20-43-32(34)40)23(4-2)24-17-22(8-9-28(24)35-30)44-33(41)37-15-10-21(11-16-37)36-13-6-5-7-14-36/h8-9,17-18,21,42H,4-7,10-11,13-16,19-20H2,1-2H3/t34-/m0/s1. The molecule has 0 bridgehead atoms. The number of likely N-dealkylation sites (tertiary alicyclic amines) is 2. The normalized spacial score (nSPS) is 21.6. The number of cyclic esters (lactones) is 1. The van der Waals surface area contributed by atoms with Gasteiger partial charge in [0.05, 0.1) is 29.0 Å². The number of ether oxygens (including phenoxy) is 2. The Bertz CT molecular complexity index is 1810. The molecule has 228 valence electrons. The minimum Gasteiger partial charge on any atom is -0.457 e. The van der Waals surface area contributed by atoms with Crippen LogP contribution in [-0.2, 0) is 34.7 Å². The fourth-order valence-corrected chi connectivity index (χ4v) is 7.37. The number of rotatable bonds is 3. The van der Waals surface area contributed by atoms with Crippen LogP contribution in [0.15, 0.2) is 29.1 Å². The summed E-state index contributed by atoms with van der Waals surface area (Å²) in [5.74, 6) is 4.69. The molecule has 10 heteroatoms. The summed E-state index contributed by atoms with van der Waals surface area (Å²) in [6.07, 6.45) is 6.11. The molecule has 1 N–H and O–H groups in total. The Morgan fingerprint density at radius 2 is 1.89 bits per heavy atom. The molecule has 1 aromatic carbocycles. The van der Waals surface area contributed by atoms with Gasteiger partial charge in [0.25, 0.3) is 11.2 Å². The first-order valence-corrected chi connectivity index (χ1v) is 15.6. The summed E-state index contributed by atoms with van der Waals surface area (Å²) in [7, 11) is 0. The molecule has 1 atom stereocenters. The topological polar surface area (TPSA) is 114 Å². The molecule has 7 rings (SSSR count). The van der Waals surface area contributed by atoms with Crippen molar-refractivity contribution in [2.24, 2.45) is 0 Å². The third-order valence-corrected chi connectivity index (χ3v) is 9.66. The fraction of sp³-hybridized carbons (Fsp3) is 0.471. The zero-order valence-corrected chi connectivity index (χ0v) is 25.1. The SMILES string of the molecule is CC#C[C@@]1(O)C(=O)OCc2c1cc1n(c2=O)Cc2c-1nc1ccc(OC(=O)N3CCC(N4CCCCC4)CC3)cc1c2CC. The molecule has 2 fully saturated rings. The zero-order chi connectivity index (χ0) is 30.6. The van der Waals surface area contributed by atoms with Gasteiger partial charge in [0.15, 0.2) is 0 Å². The number of fused-ring (bicyclic) bond motifs is 5. The first-order valence-electron chi connectivity index (χ1n) is 15.6. The van der Waals surface area contributed by atoms with Gasteiger partial charge in [0.2, 0.25) is 0 Å². The number of aromatic nitrogens is 2. The van der Waals surface area contributed by atoms with E-state index >= 15 is 0 Å². The summed E-state index contributed by atoms with van der Waals surface area (Å²) >= 11 is 0. The molecular formula is C34H36N4O6. The highest BCUT2D eigenvalue weighted by atomic mass is 16.6. The number of esters is 1. The van der Waals surface area contributed by atoms with E-state index in [0.29, 0.717) is 54.8 Å². The summed E-state index contributed by atoms with van der Waals surface area (Å²) in [6.45, 7) is 7.33. The maximum atomic E-state index is 13.6. The number of aliphatic hydroxyl groups is 1. The molecule has 4 aliphatic heterocycles. The second-order valence-electron chi connectivity index (χ2n) is 12.1. The van der Waals surface area contributed by atoms with Crippen LogP contribution in [0.4, 0.5) is 4.79 Å². The molecule has 1 amide bonds. The van der Waals surface area contributed by atoms with Crippen LogP contribution in [0, 0.1) is 11.8 Å². The Hall–Kier alpha value is -4.20. The second-order valence-corrected chi connectivity index (χ2v) is 12.1. The number of hydrogen-bond acceptors (Lipinski definition) is 8. The van der Waals surface area contributed by atoms with E-state index in [0.717, 1.165) is 42.4 Å². The van der Waals surface area contributed by atoms with Crippen LogP contribution in [0.25, 0.3) is 22.3 Å². The smallest absolute Gasteiger partial charge is 0.415 e. The summed E-state index contributed by atoms with van der Waals surface area (Å²) in [5.41, 5.74) is 1.54. The third-order valence-electron chi connectivity index (χ3n) is 9.66. The summed E-state index contributed by atoms with van der Waals surface area (Å²) in [4.78, 5) is 48.6. The van der Waals surface area contributed by atoms with Crippen molar-refractivity contribution in [3.8, 4) is 29.0 Å². The van der Waals surface area contributed by atoms with E-state index in [1.54, 1.807) is 21.6 Å². The van der Waals surface area contributed by atoms with Gasteiger partial charge < -0.3 is 28.9 Å². The minimum atomic E-state index is -2.22. The molecule has 6 heterocycles. The average Bonchev–Trinajstić information content (AvgIpc) is 3.41. The molecule has 2 saturated heterocycles. The number of amides is 1. The van der Waals surface area contributed by atoms with E-state index < -0.39 is 11.6 Å². The number of nitrogens with zero attached hydrogens (tertiary/aromatic N) is 4. The molecule has 10 nitrogen and oxygen atoms in total. The van der Waals surface area contributed by atoms with Gasteiger partial charge in [-0.3, -0.25) is 4.79 Å². The number of carbonyl (C=O) groups is 2. The van der Waals surface area contributed by atoms with Gasteiger partial charge in [-0.25, -0.2) is 14.6 Å². The van der Waals surface area contributed by atoms with Gasteiger partial charge in [0, 0.05) is 35.6 Å². The number of piperidine rings is 2. The van der Waals surface area contributed by atoms with Crippen LogP contribution < -0.4 is 10.3 Å². The van der Waals surface area contributed by atoms with E-state index in [-0.39, 0.29) is 29.4 Å². The molecule has 4 aliphatic rings. The maximum absolute atomic E-state index is 13.6. The average molecular weight is 597 g/mol. The highest BCUT2D eigenvalue weighted by Crippen LogP contribution is 2.40. The predicted octanol–water partition coefficient (Wildman–Crippen LogP) is 3.70. The third kappa shape index (κ3) is 4.57. The number of aryl methyl sites for hydroxylation is 1. The Balaban J connectivity index is 1.17. The van der Waals surface area contributed by atoms with Crippen LogP contribution in [0.5, 0.6) is 5.75 Å².